The van der Waals surface area contributed by atoms with Crippen LogP contribution in [0.4, 0.5) is 21.0 Å². The molecule has 0 bridgehead atoms. The monoisotopic (exact) mass is 565 g/mol. The number of imide groups is 4. The van der Waals surface area contributed by atoms with Crippen LogP contribution in [-0.2, 0) is 19.2 Å². The zero-order chi connectivity index (χ0) is 27.8. The van der Waals surface area contributed by atoms with Crippen LogP contribution in [0, 0.1) is 11.8 Å². The Morgan fingerprint density at radius 3 is 1.38 bits per heavy atom. The van der Waals surface area contributed by atoms with Gasteiger partial charge in [-0.1, -0.05) is 23.2 Å². The molecule has 2 fully saturated rings. The molecule has 0 saturated carbocycles. The highest BCUT2D eigenvalue weighted by Crippen LogP contribution is 2.39. The first kappa shape index (κ1) is 26.0. The largest absolute Gasteiger partial charge is 0.335 e. The first-order valence-electron chi connectivity index (χ1n) is 11.5. The zero-order valence-corrected chi connectivity index (χ0v) is 21.2. The molecule has 11 nitrogen and oxygen atoms in total. The number of hydrogen-bond donors (Lipinski definition) is 2. The third-order valence-corrected chi connectivity index (χ3v) is 6.89. The molecule has 196 valence electrons. The van der Waals surface area contributed by atoms with E-state index < -0.39 is 53.4 Å². The number of pyridine rings is 1. The Labute approximate surface area is 230 Å². The summed E-state index contributed by atoms with van der Waals surface area (Å²) in [4.78, 5) is 84.9. The second kappa shape index (κ2) is 10.3. The fourth-order valence-electron chi connectivity index (χ4n) is 4.65. The first-order valence-corrected chi connectivity index (χ1v) is 12.2. The van der Waals surface area contributed by atoms with Gasteiger partial charge in [0.2, 0.25) is 23.6 Å². The van der Waals surface area contributed by atoms with E-state index in [1.54, 1.807) is 0 Å². The van der Waals surface area contributed by atoms with E-state index in [2.05, 4.69) is 15.6 Å². The van der Waals surface area contributed by atoms with Crippen LogP contribution in [0.25, 0.3) is 0 Å². The Balaban J connectivity index is 1.62. The van der Waals surface area contributed by atoms with Crippen molar-refractivity contribution < 1.29 is 28.8 Å². The van der Waals surface area contributed by atoms with Crippen molar-refractivity contribution in [2.75, 3.05) is 9.80 Å². The minimum atomic E-state index is -1.71. The SMILES string of the molecule is O=C1NC(=O)N(c2ccc(Cl)cc2)C(=O)C1C(c1ccncc1)C1C(=O)NC(=O)N(c2ccc(Cl)cc2)C1=O. The summed E-state index contributed by atoms with van der Waals surface area (Å²) in [5.74, 6) is -8.78. The standard InChI is InChI=1S/C26H17Cl2N5O6/c27-14-1-5-16(6-2-14)32-23(36)19(21(34)30-25(32)38)18(13-9-11-29-12-10-13)20-22(35)31-26(39)33(24(20)37)17-7-3-15(28)4-8-17/h1-12,18-20H,(H,30,34,38)(H,31,35,39). The van der Waals surface area contributed by atoms with Gasteiger partial charge >= 0.3 is 12.1 Å². The van der Waals surface area contributed by atoms with Crippen LogP contribution in [0.1, 0.15) is 11.5 Å². The quantitative estimate of drug-likeness (QED) is 0.451. The molecule has 2 unspecified atom stereocenters. The zero-order valence-electron chi connectivity index (χ0n) is 19.7. The second-order valence-electron chi connectivity index (χ2n) is 8.65. The average molecular weight is 566 g/mol. The number of urea groups is 2. The van der Waals surface area contributed by atoms with Crippen LogP contribution in [-0.4, -0.2) is 40.7 Å². The summed E-state index contributed by atoms with van der Waals surface area (Å²) in [5, 5.41) is 4.98. The number of nitrogens with one attached hydrogen (secondary N) is 2. The highest BCUT2D eigenvalue weighted by atomic mass is 35.5. The Morgan fingerprint density at radius 1 is 0.615 bits per heavy atom. The molecule has 2 atom stereocenters. The lowest BCUT2D eigenvalue weighted by Crippen LogP contribution is -2.64. The Morgan fingerprint density at radius 2 is 1.00 bits per heavy atom. The van der Waals surface area contributed by atoms with Gasteiger partial charge in [-0.3, -0.25) is 34.8 Å². The maximum absolute atomic E-state index is 13.8. The van der Waals surface area contributed by atoms with Crippen LogP contribution >= 0.6 is 23.2 Å². The number of halogens is 2. The molecule has 1 aromatic heterocycles. The van der Waals surface area contributed by atoms with E-state index in [4.69, 9.17) is 23.2 Å². The van der Waals surface area contributed by atoms with Crippen molar-refractivity contribution in [1.29, 1.82) is 0 Å². The van der Waals surface area contributed by atoms with Gasteiger partial charge in [-0.05, 0) is 66.2 Å². The number of carbonyl (C=O) groups is 6. The minimum absolute atomic E-state index is 0.116. The van der Waals surface area contributed by atoms with Crippen molar-refractivity contribution in [2.45, 2.75) is 5.92 Å². The van der Waals surface area contributed by atoms with Crippen molar-refractivity contribution in [3.8, 4) is 0 Å². The van der Waals surface area contributed by atoms with E-state index in [-0.39, 0.29) is 16.9 Å². The summed E-state index contributed by atoms with van der Waals surface area (Å²) in [7, 11) is 0. The number of amides is 8. The van der Waals surface area contributed by atoms with E-state index in [0.29, 0.717) is 10.0 Å². The fraction of sp³-hybridized carbons (Fsp3) is 0.115. The molecule has 13 heteroatoms. The molecule has 0 aliphatic carbocycles. The van der Waals surface area contributed by atoms with E-state index >= 15 is 0 Å². The minimum Gasteiger partial charge on any atom is -0.277 e. The Kier molecular flexibility index (Phi) is 6.85. The number of anilines is 2. The summed E-state index contributed by atoms with van der Waals surface area (Å²) in [6, 6.07) is 12.3. The van der Waals surface area contributed by atoms with Crippen LogP contribution in [0.2, 0.25) is 10.0 Å². The van der Waals surface area contributed by atoms with Gasteiger partial charge in [0, 0.05) is 28.4 Å². The van der Waals surface area contributed by atoms with Crippen LogP contribution in [0.3, 0.4) is 0 Å². The number of barbiturate groups is 2. The molecular formula is C26H17Cl2N5O6. The van der Waals surface area contributed by atoms with Crippen molar-refractivity contribution in [3.63, 3.8) is 0 Å². The molecule has 39 heavy (non-hydrogen) atoms. The number of rotatable bonds is 5. The summed E-state index contributed by atoms with van der Waals surface area (Å²) in [6.07, 6.45) is 2.73. The van der Waals surface area contributed by atoms with E-state index in [0.717, 1.165) is 9.80 Å². The van der Waals surface area contributed by atoms with Gasteiger partial charge in [-0.2, -0.15) is 0 Å². The molecule has 0 radical (unpaired) electrons. The topological polar surface area (TPSA) is 146 Å². The van der Waals surface area contributed by atoms with Crippen LogP contribution in [0.5, 0.6) is 0 Å². The predicted octanol–water partition coefficient (Wildman–Crippen LogP) is 3.27. The number of carbonyl (C=O) groups excluding carboxylic acids is 6. The van der Waals surface area contributed by atoms with Crippen LogP contribution in [0.15, 0.2) is 73.1 Å². The molecule has 2 aromatic carbocycles. The molecule has 0 spiro atoms. The lowest BCUT2D eigenvalue weighted by atomic mass is 9.73. The number of benzene rings is 2. The lowest BCUT2D eigenvalue weighted by molar-refractivity contribution is -0.140. The van der Waals surface area contributed by atoms with Gasteiger partial charge in [0.25, 0.3) is 0 Å². The normalized spacial score (nSPS) is 20.6. The molecule has 2 saturated heterocycles. The molecule has 8 amide bonds. The van der Waals surface area contributed by atoms with E-state index in [1.807, 2.05) is 0 Å². The maximum atomic E-state index is 13.8. The van der Waals surface area contributed by atoms with E-state index in [1.165, 1.54) is 73.1 Å². The number of hydrogen-bond acceptors (Lipinski definition) is 7. The summed E-state index contributed by atoms with van der Waals surface area (Å²) in [5.41, 5.74) is 0.471. The first-order chi connectivity index (χ1) is 18.7. The number of aromatic nitrogens is 1. The summed E-state index contributed by atoms with van der Waals surface area (Å²) < 4.78 is 0. The Bertz CT molecular complexity index is 1420. The van der Waals surface area contributed by atoms with Crippen LogP contribution < -0.4 is 20.4 Å². The van der Waals surface area contributed by atoms with Gasteiger partial charge in [0.05, 0.1) is 11.4 Å². The summed E-state index contributed by atoms with van der Waals surface area (Å²) in [6.45, 7) is 0. The van der Waals surface area contributed by atoms with Crippen molar-refractivity contribution in [2.24, 2.45) is 11.8 Å². The molecule has 5 rings (SSSR count). The van der Waals surface area contributed by atoms with Gasteiger partial charge in [0.1, 0.15) is 11.8 Å². The third kappa shape index (κ3) is 4.73. The molecule has 3 aromatic rings. The van der Waals surface area contributed by atoms with Crippen molar-refractivity contribution in [3.05, 3.63) is 88.7 Å². The van der Waals surface area contributed by atoms with Gasteiger partial charge < -0.3 is 0 Å². The van der Waals surface area contributed by atoms with Gasteiger partial charge in [-0.15, -0.1) is 0 Å². The highest BCUT2D eigenvalue weighted by molar-refractivity contribution is 6.33. The van der Waals surface area contributed by atoms with Gasteiger partial charge in [0.15, 0.2) is 0 Å². The maximum Gasteiger partial charge on any atom is 0.335 e. The van der Waals surface area contributed by atoms with Gasteiger partial charge in [-0.25, -0.2) is 19.4 Å². The molecule has 2 aliphatic rings. The van der Waals surface area contributed by atoms with Crippen molar-refractivity contribution >= 4 is 70.3 Å². The number of nitrogens with zero attached hydrogens (tertiary/aromatic N) is 3. The van der Waals surface area contributed by atoms with E-state index in [9.17, 15) is 28.8 Å². The summed E-state index contributed by atoms with van der Waals surface area (Å²) >= 11 is 11.9. The molecular weight excluding hydrogens is 549 g/mol. The molecule has 2 N–H and O–H groups in total. The second-order valence-corrected chi connectivity index (χ2v) is 9.52. The molecule has 2 aliphatic heterocycles. The van der Waals surface area contributed by atoms with Crippen molar-refractivity contribution in [1.82, 2.24) is 15.6 Å². The third-order valence-electron chi connectivity index (χ3n) is 6.38. The highest BCUT2D eigenvalue weighted by Gasteiger charge is 2.55. The Hall–Kier alpha value is -4.61. The average Bonchev–Trinajstić information content (AvgIpc) is 2.90. The smallest absolute Gasteiger partial charge is 0.277 e. The molecule has 3 heterocycles. The lowest BCUT2D eigenvalue weighted by Gasteiger charge is -2.39. The fourth-order valence-corrected chi connectivity index (χ4v) is 4.90. The predicted molar refractivity (Wildman–Crippen MR) is 139 cm³/mol.